The number of aromatic nitrogens is 2. The van der Waals surface area contributed by atoms with Crippen molar-refractivity contribution < 1.29 is 13.2 Å². The van der Waals surface area contributed by atoms with Gasteiger partial charge < -0.3 is 15.5 Å². The predicted molar refractivity (Wildman–Crippen MR) is 106 cm³/mol. The van der Waals surface area contributed by atoms with E-state index in [1.165, 1.54) is 18.2 Å². The van der Waals surface area contributed by atoms with Crippen LogP contribution < -0.4 is 15.5 Å². The van der Waals surface area contributed by atoms with Crippen LogP contribution in [0.1, 0.15) is 5.69 Å². The molecule has 0 bridgehead atoms. The first kappa shape index (κ1) is 19.2. The highest BCUT2D eigenvalue weighted by molar-refractivity contribution is 5.62. The smallest absolute Gasteiger partial charge is 0.226 e. The van der Waals surface area contributed by atoms with Gasteiger partial charge in [-0.05, 0) is 30.3 Å². The fourth-order valence-corrected chi connectivity index (χ4v) is 3.42. The van der Waals surface area contributed by atoms with Crippen LogP contribution in [0.2, 0.25) is 0 Å². The maximum Gasteiger partial charge on any atom is 0.226 e. The largest absolute Gasteiger partial charge is 0.366 e. The Hall–Kier alpha value is -3.13. The summed E-state index contributed by atoms with van der Waals surface area (Å²) >= 11 is 0. The van der Waals surface area contributed by atoms with Crippen LogP contribution in [0.4, 0.5) is 24.8 Å². The van der Waals surface area contributed by atoms with Crippen molar-refractivity contribution >= 4 is 11.6 Å². The van der Waals surface area contributed by atoms with Gasteiger partial charge in [-0.2, -0.15) is 0 Å². The van der Waals surface area contributed by atoms with E-state index >= 15 is 0 Å². The van der Waals surface area contributed by atoms with Crippen LogP contribution in [-0.2, 0) is 6.54 Å². The average molecular weight is 399 g/mol. The summed E-state index contributed by atoms with van der Waals surface area (Å²) in [6, 6.07) is 11.6. The molecule has 8 heteroatoms. The molecule has 1 fully saturated rings. The molecule has 1 aromatic heterocycles. The highest BCUT2D eigenvalue weighted by Crippen LogP contribution is 2.26. The zero-order valence-electron chi connectivity index (χ0n) is 15.7. The Morgan fingerprint density at radius 3 is 2.24 bits per heavy atom. The maximum atomic E-state index is 14.2. The van der Waals surface area contributed by atoms with Crippen LogP contribution in [0, 0.1) is 17.5 Å². The SMILES string of the molecule is NCc1cc(-c2ccc(F)cc2F)nc(N2CCN(c3ccccc3F)CC2)n1. The Balaban J connectivity index is 1.58. The first-order valence-corrected chi connectivity index (χ1v) is 9.33. The van der Waals surface area contributed by atoms with E-state index in [4.69, 9.17) is 5.73 Å². The van der Waals surface area contributed by atoms with Crippen LogP contribution in [-0.4, -0.2) is 36.1 Å². The second kappa shape index (κ2) is 8.08. The molecule has 1 saturated heterocycles. The van der Waals surface area contributed by atoms with Crippen LogP contribution in [0.15, 0.2) is 48.5 Å². The lowest BCUT2D eigenvalue weighted by atomic mass is 10.1. The molecule has 0 radical (unpaired) electrons. The Morgan fingerprint density at radius 2 is 1.55 bits per heavy atom. The topological polar surface area (TPSA) is 58.3 Å². The van der Waals surface area contributed by atoms with Crippen molar-refractivity contribution in [2.24, 2.45) is 5.73 Å². The molecule has 150 valence electrons. The zero-order valence-corrected chi connectivity index (χ0v) is 15.7. The molecule has 5 nitrogen and oxygen atoms in total. The van der Waals surface area contributed by atoms with Gasteiger partial charge in [-0.1, -0.05) is 12.1 Å². The summed E-state index contributed by atoms with van der Waals surface area (Å²) in [6.45, 7) is 2.51. The summed E-state index contributed by atoms with van der Waals surface area (Å²) in [4.78, 5) is 12.9. The monoisotopic (exact) mass is 399 g/mol. The standard InChI is InChI=1S/C21H20F3N5/c22-14-5-6-16(18(24)11-14)19-12-15(13-25)26-21(27-19)29-9-7-28(8-10-29)20-4-2-1-3-17(20)23/h1-6,11-12H,7-10,13,25H2. The van der Waals surface area contributed by atoms with Gasteiger partial charge in [-0.3, -0.25) is 0 Å². The summed E-state index contributed by atoms with van der Waals surface area (Å²) < 4.78 is 41.5. The molecule has 0 atom stereocenters. The van der Waals surface area contributed by atoms with E-state index in [1.807, 2.05) is 15.9 Å². The first-order valence-electron chi connectivity index (χ1n) is 9.33. The van der Waals surface area contributed by atoms with E-state index in [-0.39, 0.29) is 17.9 Å². The summed E-state index contributed by atoms with van der Waals surface area (Å²) in [5.41, 5.74) is 7.43. The van der Waals surface area contributed by atoms with Crippen molar-refractivity contribution in [3.05, 3.63) is 71.7 Å². The van der Waals surface area contributed by atoms with E-state index in [0.717, 1.165) is 6.07 Å². The number of benzene rings is 2. The molecule has 4 rings (SSSR count). The second-order valence-electron chi connectivity index (χ2n) is 6.80. The lowest BCUT2D eigenvalue weighted by Gasteiger charge is -2.36. The summed E-state index contributed by atoms with van der Waals surface area (Å²) in [5, 5.41) is 0. The third-order valence-corrected chi connectivity index (χ3v) is 4.94. The van der Waals surface area contributed by atoms with Gasteiger partial charge in [0.05, 0.1) is 17.1 Å². The summed E-state index contributed by atoms with van der Waals surface area (Å²) in [6.07, 6.45) is 0. The Kier molecular flexibility index (Phi) is 5.35. The van der Waals surface area contributed by atoms with Crippen LogP contribution in [0.3, 0.4) is 0 Å². The highest BCUT2D eigenvalue weighted by Gasteiger charge is 2.22. The number of halogens is 3. The molecule has 0 unspecified atom stereocenters. The summed E-state index contributed by atoms with van der Waals surface area (Å²) in [7, 11) is 0. The highest BCUT2D eigenvalue weighted by atomic mass is 19.1. The van der Waals surface area contributed by atoms with Crippen molar-refractivity contribution in [1.82, 2.24) is 9.97 Å². The Morgan fingerprint density at radius 1 is 0.828 bits per heavy atom. The molecule has 1 aliphatic rings. The fraction of sp³-hybridized carbons (Fsp3) is 0.238. The van der Waals surface area contributed by atoms with Crippen molar-refractivity contribution in [2.45, 2.75) is 6.54 Å². The van der Waals surface area contributed by atoms with Crippen LogP contribution >= 0.6 is 0 Å². The molecule has 2 N–H and O–H groups in total. The van der Waals surface area contributed by atoms with Crippen molar-refractivity contribution in [2.75, 3.05) is 36.0 Å². The Labute approximate surface area is 166 Å². The quantitative estimate of drug-likeness (QED) is 0.729. The molecule has 2 aromatic carbocycles. The molecule has 0 aliphatic carbocycles. The van der Waals surface area contributed by atoms with Gasteiger partial charge in [0.25, 0.3) is 0 Å². The minimum Gasteiger partial charge on any atom is -0.366 e. The van der Waals surface area contributed by atoms with Crippen molar-refractivity contribution in [3.63, 3.8) is 0 Å². The zero-order chi connectivity index (χ0) is 20.4. The number of nitrogens with two attached hydrogens (primary N) is 1. The van der Waals surface area contributed by atoms with Gasteiger partial charge in [0, 0.05) is 44.4 Å². The molecule has 1 aliphatic heterocycles. The van der Waals surface area contributed by atoms with E-state index < -0.39 is 11.6 Å². The molecule has 2 heterocycles. The van der Waals surface area contributed by atoms with E-state index in [0.29, 0.717) is 49.2 Å². The average Bonchev–Trinajstić information content (AvgIpc) is 2.74. The number of piperazine rings is 1. The number of rotatable bonds is 4. The van der Waals surface area contributed by atoms with Crippen LogP contribution in [0.25, 0.3) is 11.3 Å². The molecule has 3 aromatic rings. The van der Waals surface area contributed by atoms with E-state index in [9.17, 15) is 13.2 Å². The third kappa shape index (κ3) is 4.02. The molecular weight excluding hydrogens is 379 g/mol. The van der Waals surface area contributed by atoms with Gasteiger partial charge in [0.1, 0.15) is 17.5 Å². The number of hydrogen-bond acceptors (Lipinski definition) is 5. The van der Waals surface area contributed by atoms with Gasteiger partial charge in [0.2, 0.25) is 5.95 Å². The lowest BCUT2D eigenvalue weighted by molar-refractivity contribution is 0.585. The number of anilines is 2. The number of nitrogens with zero attached hydrogens (tertiary/aromatic N) is 4. The molecular formula is C21H20F3N5. The van der Waals surface area contributed by atoms with Crippen molar-refractivity contribution in [1.29, 1.82) is 0 Å². The van der Waals surface area contributed by atoms with Gasteiger partial charge in [-0.15, -0.1) is 0 Å². The lowest BCUT2D eigenvalue weighted by Crippen LogP contribution is -2.47. The van der Waals surface area contributed by atoms with E-state index in [2.05, 4.69) is 9.97 Å². The minimum atomic E-state index is -0.693. The predicted octanol–water partition coefficient (Wildman–Crippen LogP) is 3.35. The van der Waals surface area contributed by atoms with Crippen molar-refractivity contribution in [3.8, 4) is 11.3 Å². The molecule has 29 heavy (non-hydrogen) atoms. The van der Waals surface area contributed by atoms with Crippen LogP contribution in [0.5, 0.6) is 0 Å². The summed E-state index contributed by atoms with van der Waals surface area (Å²) in [5.74, 6) is -1.16. The Bertz CT molecular complexity index is 1020. The normalized spacial score (nSPS) is 14.3. The van der Waals surface area contributed by atoms with Gasteiger partial charge in [0.15, 0.2) is 0 Å². The number of para-hydroxylation sites is 1. The van der Waals surface area contributed by atoms with Gasteiger partial charge >= 0.3 is 0 Å². The maximum absolute atomic E-state index is 14.2. The number of hydrogen-bond donors (Lipinski definition) is 1. The third-order valence-electron chi connectivity index (χ3n) is 4.94. The molecule has 0 amide bonds. The van der Waals surface area contributed by atoms with Gasteiger partial charge in [-0.25, -0.2) is 23.1 Å². The molecule has 0 saturated carbocycles. The second-order valence-corrected chi connectivity index (χ2v) is 6.80. The first-order chi connectivity index (χ1) is 14.0. The minimum absolute atomic E-state index is 0.167. The van der Waals surface area contributed by atoms with E-state index in [1.54, 1.807) is 18.2 Å². The molecule has 0 spiro atoms. The fourth-order valence-electron chi connectivity index (χ4n) is 3.42.